The summed E-state index contributed by atoms with van der Waals surface area (Å²) in [4.78, 5) is 32.6. The quantitative estimate of drug-likeness (QED) is 0.823. The summed E-state index contributed by atoms with van der Waals surface area (Å²) in [5, 5.41) is 3.40. The Morgan fingerprint density at radius 2 is 1.88 bits per heavy atom. The first-order chi connectivity index (χ1) is 12.2. The van der Waals surface area contributed by atoms with E-state index in [0.29, 0.717) is 31.1 Å². The number of nitrogens with zero attached hydrogens (tertiary/aromatic N) is 3. The summed E-state index contributed by atoms with van der Waals surface area (Å²) < 4.78 is 0. The van der Waals surface area contributed by atoms with Crippen molar-refractivity contribution in [3.63, 3.8) is 0 Å². The van der Waals surface area contributed by atoms with Crippen LogP contribution in [-0.4, -0.2) is 54.9 Å². The van der Waals surface area contributed by atoms with Crippen LogP contribution in [0.3, 0.4) is 0 Å². The second-order valence-electron chi connectivity index (χ2n) is 5.48. The summed E-state index contributed by atoms with van der Waals surface area (Å²) in [6.45, 7) is 2.55. The molecule has 0 unspecified atom stereocenters. The second-order valence-corrected chi connectivity index (χ2v) is 6.49. The first kappa shape index (κ1) is 17.0. The Balaban J connectivity index is 1.57. The Morgan fingerprint density at radius 3 is 2.56 bits per heavy atom. The average molecular weight is 354 g/mol. The van der Waals surface area contributed by atoms with Gasteiger partial charge in [-0.1, -0.05) is 35.5 Å². The molecule has 0 aliphatic carbocycles. The molecule has 1 saturated heterocycles. The molecule has 6 nitrogen and oxygen atoms in total. The molecule has 0 atom stereocenters. The first-order valence-electron chi connectivity index (χ1n) is 7.96. The zero-order chi connectivity index (χ0) is 17.6. The molecule has 1 aliphatic rings. The molecule has 0 spiro atoms. The number of aromatic nitrogens is 1. The summed E-state index contributed by atoms with van der Waals surface area (Å²) in [7, 11) is 1.60. The van der Waals surface area contributed by atoms with Crippen molar-refractivity contribution in [2.75, 3.05) is 38.1 Å². The molecule has 0 radical (unpaired) electrons. The smallest absolute Gasteiger partial charge is 0.298 e. The topological polar surface area (TPSA) is 65.5 Å². The Labute approximate surface area is 150 Å². The Hall–Kier alpha value is -2.85. The van der Waals surface area contributed by atoms with Crippen molar-refractivity contribution in [2.24, 2.45) is 0 Å². The molecule has 0 saturated carbocycles. The molecule has 3 rings (SSSR count). The molecular formula is C18H18N4O2S. The van der Waals surface area contributed by atoms with Gasteiger partial charge in [0.2, 0.25) is 0 Å². The van der Waals surface area contributed by atoms with Crippen molar-refractivity contribution in [3.05, 3.63) is 47.0 Å². The molecule has 2 aromatic rings. The van der Waals surface area contributed by atoms with Gasteiger partial charge in [0.15, 0.2) is 5.13 Å². The number of piperazine rings is 1. The number of rotatable bonds is 2. The summed E-state index contributed by atoms with van der Waals surface area (Å²) in [6.07, 6.45) is 1.59. The molecule has 2 heterocycles. The van der Waals surface area contributed by atoms with E-state index in [2.05, 4.69) is 27.0 Å². The van der Waals surface area contributed by atoms with Crippen LogP contribution in [0.15, 0.2) is 36.5 Å². The SMILES string of the molecule is CNC(=O)c1cnc(N2CCN(C(=O)C#Cc3ccccc3)CC2)s1. The number of anilines is 1. The zero-order valence-electron chi connectivity index (χ0n) is 13.9. The fourth-order valence-electron chi connectivity index (χ4n) is 2.47. The van der Waals surface area contributed by atoms with Crippen molar-refractivity contribution < 1.29 is 9.59 Å². The van der Waals surface area contributed by atoms with Crippen molar-refractivity contribution >= 4 is 28.3 Å². The largest absolute Gasteiger partial charge is 0.354 e. The zero-order valence-corrected chi connectivity index (χ0v) is 14.7. The molecule has 128 valence electrons. The van der Waals surface area contributed by atoms with Gasteiger partial charge in [0.25, 0.3) is 11.8 Å². The summed E-state index contributed by atoms with van der Waals surface area (Å²) in [5.74, 6) is 5.31. The molecule has 1 aliphatic heterocycles. The number of hydrogen-bond donors (Lipinski definition) is 1. The average Bonchev–Trinajstić information content (AvgIpc) is 3.16. The predicted octanol–water partition coefficient (Wildman–Crippen LogP) is 1.20. The molecule has 2 amide bonds. The van der Waals surface area contributed by atoms with E-state index in [1.54, 1.807) is 18.1 Å². The maximum atomic E-state index is 12.2. The van der Waals surface area contributed by atoms with Crippen molar-refractivity contribution in [1.82, 2.24) is 15.2 Å². The minimum Gasteiger partial charge on any atom is -0.354 e. The third-order valence-corrected chi connectivity index (χ3v) is 4.93. The maximum Gasteiger partial charge on any atom is 0.298 e. The van der Waals surface area contributed by atoms with E-state index in [-0.39, 0.29) is 11.8 Å². The summed E-state index contributed by atoms with van der Waals surface area (Å²) in [5.41, 5.74) is 0.832. The van der Waals surface area contributed by atoms with Gasteiger partial charge in [0, 0.05) is 44.7 Å². The van der Waals surface area contributed by atoms with Crippen LogP contribution >= 0.6 is 11.3 Å². The molecular weight excluding hydrogens is 336 g/mol. The maximum absolute atomic E-state index is 12.2. The third kappa shape index (κ3) is 4.17. The van der Waals surface area contributed by atoms with Gasteiger partial charge in [0.1, 0.15) is 4.88 Å². The van der Waals surface area contributed by atoms with E-state index in [0.717, 1.165) is 10.7 Å². The number of amides is 2. The number of thiazole rings is 1. The van der Waals surface area contributed by atoms with E-state index in [4.69, 9.17) is 0 Å². The van der Waals surface area contributed by atoms with Gasteiger partial charge in [0.05, 0.1) is 6.20 Å². The number of hydrogen-bond acceptors (Lipinski definition) is 5. The minimum atomic E-state index is -0.159. The van der Waals surface area contributed by atoms with E-state index >= 15 is 0 Å². The van der Waals surface area contributed by atoms with E-state index in [1.807, 2.05) is 30.3 Å². The molecule has 1 fully saturated rings. The van der Waals surface area contributed by atoms with Gasteiger partial charge in [-0.05, 0) is 12.1 Å². The van der Waals surface area contributed by atoms with Gasteiger partial charge in [-0.15, -0.1) is 0 Å². The van der Waals surface area contributed by atoms with Crippen LogP contribution in [0, 0.1) is 11.8 Å². The van der Waals surface area contributed by atoms with Crippen LogP contribution in [0.4, 0.5) is 5.13 Å². The normalized spacial score (nSPS) is 13.8. The monoisotopic (exact) mass is 354 g/mol. The van der Waals surface area contributed by atoms with Gasteiger partial charge < -0.3 is 15.1 Å². The highest BCUT2D eigenvalue weighted by Gasteiger charge is 2.22. The predicted molar refractivity (Wildman–Crippen MR) is 97.6 cm³/mol. The van der Waals surface area contributed by atoms with Gasteiger partial charge in [-0.3, -0.25) is 9.59 Å². The van der Waals surface area contributed by atoms with Gasteiger partial charge in [-0.25, -0.2) is 4.98 Å². The highest BCUT2D eigenvalue weighted by atomic mass is 32.1. The van der Waals surface area contributed by atoms with Crippen molar-refractivity contribution in [1.29, 1.82) is 0 Å². The lowest BCUT2D eigenvalue weighted by Gasteiger charge is -2.33. The Morgan fingerprint density at radius 1 is 1.16 bits per heavy atom. The first-order valence-corrected chi connectivity index (χ1v) is 8.78. The molecule has 25 heavy (non-hydrogen) atoms. The number of carbonyl (C=O) groups is 2. The molecule has 1 aromatic carbocycles. The van der Waals surface area contributed by atoms with Gasteiger partial charge >= 0.3 is 0 Å². The summed E-state index contributed by atoms with van der Waals surface area (Å²) in [6, 6.07) is 9.47. The van der Waals surface area contributed by atoms with E-state index < -0.39 is 0 Å². The van der Waals surface area contributed by atoms with Crippen LogP contribution in [0.1, 0.15) is 15.2 Å². The lowest BCUT2D eigenvalue weighted by Crippen LogP contribution is -2.48. The van der Waals surface area contributed by atoms with Crippen LogP contribution in [0.25, 0.3) is 0 Å². The van der Waals surface area contributed by atoms with Crippen LogP contribution < -0.4 is 10.2 Å². The van der Waals surface area contributed by atoms with Gasteiger partial charge in [-0.2, -0.15) is 0 Å². The van der Waals surface area contributed by atoms with E-state index in [1.165, 1.54) is 11.3 Å². The molecule has 1 aromatic heterocycles. The third-order valence-electron chi connectivity index (χ3n) is 3.87. The van der Waals surface area contributed by atoms with Crippen LogP contribution in [0.5, 0.6) is 0 Å². The Kier molecular flexibility index (Phi) is 5.31. The lowest BCUT2D eigenvalue weighted by molar-refractivity contribution is -0.125. The fourth-order valence-corrected chi connectivity index (χ4v) is 3.38. The molecule has 0 bridgehead atoms. The number of carbonyl (C=O) groups excluding carboxylic acids is 2. The second kappa shape index (κ2) is 7.81. The number of benzene rings is 1. The minimum absolute atomic E-state index is 0.131. The Bertz CT molecular complexity index is 814. The van der Waals surface area contributed by atoms with Crippen LogP contribution in [-0.2, 0) is 4.79 Å². The van der Waals surface area contributed by atoms with Crippen molar-refractivity contribution in [2.45, 2.75) is 0 Å². The standard InChI is InChI=1S/C18H18N4O2S/c1-19-17(24)15-13-20-18(25-15)22-11-9-21(10-12-22)16(23)8-7-14-5-3-2-4-6-14/h2-6,13H,9-12H2,1H3,(H,19,24). The van der Waals surface area contributed by atoms with E-state index in [9.17, 15) is 9.59 Å². The highest BCUT2D eigenvalue weighted by Crippen LogP contribution is 2.23. The lowest BCUT2D eigenvalue weighted by atomic mass is 10.2. The fraction of sp³-hybridized carbons (Fsp3) is 0.278. The number of nitrogens with one attached hydrogen (secondary N) is 1. The summed E-state index contributed by atoms with van der Waals surface area (Å²) >= 11 is 1.36. The van der Waals surface area contributed by atoms with Crippen LogP contribution in [0.2, 0.25) is 0 Å². The molecule has 7 heteroatoms. The molecule has 1 N–H and O–H groups in total. The van der Waals surface area contributed by atoms with Crippen molar-refractivity contribution in [3.8, 4) is 11.8 Å². The highest BCUT2D eigenvalue weighted by molar-refractivity contribution is 7.17.